The molecule has 3 amide bonds. The highest BCUT2D eigenvalue weighted by Gasteiger charge is 2.31. The lowest BCUT2D eigenvalue weighted by Gasteiger charge is -2.36. The van der Waals surface area contributed by atoms with E-state index in [1.807, 2.05) is 5.38 Å². The Bertz CT molecular complexity index is 544. The van der Waals surface area contributed by atoms with E-state index < -0.39 is 11.9 Å². The minimum atomic E-state index is -0.622. The molecule has 7 heteroatoms. The van der Waals surface area contributed by atoms with E-state index in [0.717, 1.165) is 19.3 Å². The van der Waals surface area contributed by atoms with Gasteiger partial charge in [-0.2, -0.15) is 0 Å². The van der Waals surface area contributed by atoms with Crippen molar-refractivity contribution in [3.63, 3.8) is 0 Å². The van der Waals surface area contributed by atoms with Gasteiger partial charge in [0.2, 0.25) is 11.8 Å². The van der Waals surface area contributed by atoms with Gasteiger partial charge in [0.15, 0.2) is 0 Å². The number of nitrogens with zero attached hydrogens (tertiary/aromatic N) is 1. The SMILES string of the molecule is C[C@H](NC(=O)c1cccs1)C(=O)N1CCCC[C@H]1CC(N)=O. The topological polar surface area (TPSA) is 92.5 Å². The summed E-state index contributed by atoms with van der Waals surface area (Å²) < 4.78 is 0. The first kappa shape index (κ1) is 16.5. The molecule has 0 aromatic carbocycles. The fourth-order valence-corrected chi connectivity index (χ4v) is 3.35. The average molecular weight is 323 g/mol. The number of carbonyl (C=O) groups excluding carboxylic acids is 3. The van der Waals surface area contributed by atoms with Crippen LogP contribution in [0.5, 0.6) is 0 Å². The maximum atomic E-state index is 12.6. The molecule has 1 aliphatic rings. The van der Waals surface area contributed by atoms with Crippen molar-refractivity contribution in [3.8, 4) is 0 Å². The van der Waals surface area contributed by atoms with Gasteiger partial charge in [-0.15, -0.1) is 11.3 Å². The Hall–Kier alpha value is -1.89. The Morgan fingerprint density at radius 1 is 1.45 bits per heavy atom. The summed E-state index contributed by atoms with van der Waals surface area (Å²) in [4.78, 5) is 38.0. The number of likely N-dealkylation sites (tertiary alicyclic amines) is 1. The van der Waals surface area contributed by atoms with Crippen LogP contribution in [0, 0.1) is 0 Å². The first-order valence-electron chi connectivity index (χ1n) is 7.42. The third-order valence-corrected chi connectivity index (χ3v) is 4.68. The monoisotopic (exact) mass is 323 g/mol. The van der Waals surface area contributed by atoms with Gasteiger partial charge in [-0.3, -0.25) is 14.4 Å². The number of amides is 3. The van der Waals surface area contributed by atoms with Gasteiger partial charge in [0.05, 0.1) is 4.88 Å². The molecule has 0 saturated carbocycles. The number of nitrogens with one attached hydrogen (secondary N) is 1. The Balaban J connectivity index is 1.98. The molecular weight excluding hydrogens is 302 g/mol. The van der Waals surface area contributed by atoms with E-state index in [-0.39, 0.29) is 24.3 Å². The van der Waals surface area contributed by atoms with Crippen LogP contribution in [0.15, 0.2) is 17.5 Å². The molecule has 3 N–H and O–H groups in total. The predicted octanol–water partition coefficient (Wildman–Crippen LogP) is 1.12. The third kappa shape index (κ3) is 4.07. The minimum absolute atomic E-state index is 0.153. The van der Waals surface area contributed by atoms with Gasteiger partial charge in [0, 0.05) is 19.0 Å². The summed E-state index contributed by atoms with van der Waals surface area (Å²) in [6, 6.07) is 2.73. The number of hydrogen-bond acceptors (Lipinski definition) is 4. The van der Waals surface area contributed by atoms with E-state index >= 15 is 0 Å². The molecule has 120 valence electrons. The summed E-state index contributed by atoms with van der Waals surface area (Å²) in [5, 5.41) is 4.53. The smallest absolute Gasteiger partial charge is 0.261 e. The Morgan fingerprint density at radius 3 is 2.86 bits per heavy atom. The third-order valence-electron chi connectivity index (χ3n) is 3.81. The van der Waals surface area contributed by atoms with E-state index in [1.54, 1.807) is 24.0 Å². The normalized spacial score (nSPS) is 19.5. The molecule has 2 heterocycles. The summed E-state index contributed by atoms with van der Waals surface area (Å²) in [6.07, 6.45) is 2.85. The van der Waals surface area contributed by atoms with Crippen molar-refractivity contribution in [1.29, 1.82) is 0 Å². The Kier molecular flexibility index (Phi) is 5.54. The minimum Gasteiger partial charge on any atom is -0.370 e. The maximum Gasteiger partial charge on any atom is 0.261 e. The zero-order valence-electron chi connectivity index (χ0n) is 12.6. The van der Waals surface area contributed by atoms with Crippen LogP contribution < -0.4 is 11.1 Å². The van der Waals surface area contributed by atoms with Crippen molar-refractivity contribution in [3.05, 3.63) is 22.4 Å². The van der Waals surface area contributed by atoms with Crippen molar-refractivity contribution in [2.24, 2.45) is 5.73 Å². The lowest BCUT2D eigenvalue weighted by molar-refractivity contribution is -0.137. The molecule has 2 rings (SSSR count). The number of primary amides is 1. The van der Waals surface area contributed by atoms with Crippen LogP contribution in [0.3, 0.4) is 0 Å². The van der Waals surface area contributed by atoms with Crippen LogP contribution in [0.25, 0.3) is 0 Å². The standard InChI is InChI=1S/C15H21N3O3S/c1-10(17-14(20)12-6-4-8-22-12)15(21)18-7-3-2-5-11(18)9-13(16)19/h4,6,8,10-11H,2-3,5,7,9H2,1H3,(H2,16,19)(H,17,20)/t10-,11-/m0/s1. The highest BCUT2D eigenvalue weighted by atomic mass is 32.1. The van der Waals surface area contributed by atoms with Crippen LogP contribution in [0.4, 0.5) is 0 Å². The summed E-state index contributed by atoms with van der Waals surface area (Å²) >= 11 is 1.33. The summed E-state index contributed by atoms with van der Waals surface area (Å²) in [5.74, 6) is -0.810. The molecule has 1 fully saturated rings. The molecule has 1 aliphatic heterocycles. The van der Waals surface area contributed by atoms with Gasteiger partial charge in [-0.25, -0.2) is 0 Å². The van der Waals surface area contributed by atoms with Gasteiger partial charge >= 0.3 is 0 Å². The van der Waals surface area contributed by atoms with Gasteiger partial charge in [-0.1, -0.05) is 6.07 Å². The van der Waals surface area contributed by atoms with E-state index in [2.05, 4.69) is 5.32 Å². The molecule has 0 unspecified atom stereocenters. The van der Waals surface area contributed by atoms with Crippen molar-refractivity contribution in [1.82, 2.24) is 10.2 Å². The molecule has 0 radical (unpaired) electrons. The predicted molar refractivity (Wildman–Crippen MR) is 84.4 cm³/mol. The molecule has 0 bridgehead atoms. The fourth-order valence-electron chi connectivity index (χ4n) is 2.72. The molecule has 0 spiro atoms. The van der Waals surface area contributed by atoms with Crippen LogP contribution >= 0.6 is 11.3 Å². The summed E-state index contributed by atoms with van der Waals surface area (Å²) in [6.45, 7) is 2.28. The van der Waals surface area contributed by atoms with E-state index in [4.69, 9.17) is 5.73 Å². The van der Waals surface area contributed by atoms with Crippen LogP contribution in [-0.2, 0) is 9.59 Å². The van der Waals surface area contributed by atoms with Crippen molar-refractivity contribution >= 4 is 29.1 Å². The number of piperidine rings is 1. The number of rotatable bonds is 5. The molecule has 1 aromatic heterocycles. The lowest BCUT2D eigenvalue weighted by atomic mass is 9.98. The highest BCUT2D eigenvalue weighted by molar-refractivity contribution is 7.12. The molecule has 1 aromatic rings. The summed E-state index contributed by atoms with van der Waals surface area (Å²) in [5.41, 5.74) is 5.26. The number of hydrogen-bond donors (Lipinski definition) is 2. The summed E-state index contributed by atoms with van der Waals surface area (Å²) in [7, 11) is 0. The molecule has 2 atom stereocenters. The van der Waals surface area contributed by atoms with Gasteiger partial charge in [0.1, 0.15) is 6.04 Å². The molecule has 1 saturated heterocycles. The van der Waals surface area contributed by atoms with Gasteiger partial charge in [0.25, 0.3) is 5.91 Å². The zero-order chi connectivity index (χ0) is 16.1. The van der Waals surface area contributed by atoms with Crippen molar-refractivity contribution in [2.75, 3.05) is 6.54 Å². The highest BCUT2D eigenvalue weighted by Crippen LogP contribution is 2.20. The van der Waals surface area contributed by atoms with Crippen LogP contribution in [-0.4, -0.2) is 41.2 Å². The maximum absolute atomic E-state index is 12.6. The number of thiophene rings is 1. The lowest BCUT2D eigenvalue weighted by Crippen LogP contribution is -2.53. The first-order valence-corrected chi connectivity index (χ1v) is 8.30. The van der Waals surface area contributed by atoms with Crippen LogP contribution in [0.1, 0.15) is 42.3 Å². The van der Waals surface area contributed by atoms with E-state index in [9.17, 15) is 14.4 Å². The first-order chi connectivity index (χ1) is 10.5. The van der Waals surface area contributed by atoms with E-state index in [1.165, 1.54) is 11.3 Å². The number of carbonyl (C=O) groups is 3. The average Bonchev–Trinajstić information content (AvgIpc) is 3.00. The van der Waals surface area contributed by atoms with Crippen LogP contribution in [0.2, 0.25) is 0 Å². The number of nitrogens with two attached hydrogens (primary N) is 1. The van der Waals surface area contributed by atoms with Gasteiger partial charge in [-0.05, 0) is 37.6 Å². The molecule has 0 aliphatic carbocycles. The Morgan fingerprint density at radius 2 is 2.23 bits per heavy atom. The largest absolute Gasteiger partial charge is 0.370 e. The fraction of sp³-hybridized carbons (Fsp3) is 0.533. The Labute approximate surface area is 133 Å². The van der Waals surface area contributed by atoms with Crippen molar-refractivity contribution < 1.29 is 14.4 Å². The van der Waals surface area contributed by atoms with Gasteiger partial charge < -0.3 is 16.0 Å². The van der Waals surface area contributed by atoms with Crippen molar-refractivity contribution in [2.45, 2.75) is 44.7 Å². The molecule has 22 heavy (non-hydrogen) atoms. The second-order valence-corrected chi connectivity index (χ2v) is 6.47. The molecular formula is C15H21N3O3S. The molecule has 6 nitrogen and oxygen atoms in total. The second-order valence-electron chi connectivity index (χ2n) is 5.52. The zero-order valence-corrected chi connectivity index (χ0v) is 13.4. The van der Waals surface area contributed by atoms with E-state index in [0.29, 0.717) is 11.4 Å². The second kappa shape index (κ2) is 7.40. The quantitative estimate of drug-likeness (QED) is 0.850.